The van der Waals surface area contributed by atoms with Crippen molar-refractivity contribution in [1.29, 1.82) is 0 Å². The van der Waals surface area contributed by atoms with E-state index in [1.165, 1.54) is 62.4 Å². The van der Waals surface area contributed by atoms with E-state index >= 15 is 0 Å². The number of fused-ring (bicyclic) bond motifs is 1. The van der Waals surface area contributed by atoms with Crippen LogP contribution in [0.4, 0.5) is 0 Å². The molecular weight excluding hydrogens is 450 g/mol. The number of benzene rings is 1. The second-order valence-corrected chi connectivity index (χ2v) is 12.5. The predicted octanol–water partition coefficient (Wildman–Crippen LogP) is 3.60. The van der Waals surface area contributed by atoms with E-state index < -0.39 is 0 Å². The normalized spacial score (nSPS) is 38.0. The van der Waals surface area contributed by atoms with Crippen LogP contribution in [0.15, 0.2) is 41.2 Å². The number of aromatic nitrogens is 1. The Kier molecular flexibility index (Phi) is 4.32. The molecule has 5 fully saturated rings. The molecule has 1 amide bonds. The molecule has 1 N–H and O–H groups in total. The van der Waals surface area contributed by atoms with Crippen molar-refractivity contribution in [2.45, 2.75) is 62.4 Å². The summed E-state index contributed by atoms with van der Waals surface area (Å²) in [7, 11) is 1.78. The van der Waals surface area contributed by atoms with E-state index in [9.17, 15) is 9.59 Å². The standard InChI is InChI=1S/C30H35N3O3/c1-36-21-8-7-19-13-25-29-10-9-24-27(30(29,22(19)14-21)11-12-32(25)16-18-5-6-18)20(15-29)17-33(24)28(35)23-3-2-4-26(34)31-23/h2-4,7-8,14,18,20,24-25,27H,5-6,9-13,15-17H2,1H3,(H,31,34)/t20-,24-,25-,27-,29-,30+/m1/s1. The van der Waals surface area contributed by atoms with Crippen LogP contribution in [-0.4, -0.2) is 59.5 Å². The number of methoxy groups -OCH3 is 1. The lowest BCUT2D eigenvalue weighted by atomic mass is 9.43. The summed E-state index contributed by atoms with van der Waals surface area (Å²) in [4.78, 5) is 33.5. The van der Waals surface area contributed by atoms with Gasteiger partial charge in [0, 0.05) is 36.7 Å². The number of likely N-dealkylation sites (tertiary alicyclic amines) is 2. The Bertz CT molecular complexity index is 1320. The van der Waals surface area contributed by atoms with Crippen molar-refractivity contribution in [3.05, 3.63) is 63.6 Å². The molecule has 36 heavy (non-hydrogen) atoms. The van der Waals surface area contributed by atoms with Crippen LogP contribution in [0.5, 0.6) is 5.75 Å². The number of H-pyrrole nitrogens is 1. The molecule has 6 aliphatic rings. The fraction of sp³-hybridized carbons (Fsp3) is 0.600. The van der Waals surface area contributed by atoms with Gasteiger partial charge in [-0.2, -0.15) is 0 Å². The van der Waals surface area contributed by atoms with Gasteiger partial charge in [0.15, 0.2) is 0 Å². The van der Waals surface area contributed by atoms with Crippen molar-refractivity contribution < 1.29 is 9.53 Å². The van der Waals surface area contributed by atoms with Gasteiger partial charge in [0.1, 0.15) is 11.4 Å². The summed E-state index contributed by atoms with van der Waals surface area (Å²) >= 11 is 0. The highest BCUT2D eigenvalue weighted by Crippen LogP contribution is 2.75. The molecule has 1 aromatic carbocycles. The first-order valence-corrected chi connectivity index (χ1v) is 14.0. The van der Waals surface area contributed by atoms with Crippen LogP contribution in [0, 0.1) is 23.2 Å². The number of amides is 1. The lowest BCUT2D eigenvalue weighted by Crippen LogP contribution is -2.70. The Morgan fingerprint density at radius 1 is 1.17 bits per heavy atom. The minimum Gasteiger partial charge on any atom is -0.497 e. The molecule has 0 spiro atoms. The third-order valence-corrected chi connectivity index (χ3v) is 11.3. The number of carbonyl (C=O) groups excluding carboxylic acids is 1. The highest BCUT2D eigenvalue weighted by atomic mass is 16.5. The van der Waals surface area contributed by atoms with E-state index in [0.29, 0.717) is 29.0 Å². The van der Waals surface area contributed by atoms with E-state index in [-0.39, 0.29) is 22.9 Å². The topological polar surface area (TPSA) is 65.6 Å². The fourth-order valence-corrected chi connectivity index (χ4v) is 10.0. The summed E-state index contributed by atoms with van der Waals surface area (Å²) in [5.74, 6) is 2.88. The van der Waals surface area contributed by atoms with Crippen LogP contribution >= 0.6 is 0 Å². The van der Waals surface area contributed by atoms with Crippen LogP contribution in [0.2, 0.25) is 0 Å². The van der Waals surface area contributed by atoms with Gasteiger partial charge in [-0.05, 0) is 104 Å². The van der Waals surface area contributed by atoms with Gasteiger partial charge >= 0.3 is 0 Å². The van der Waals surface area contributed by atoms with Crippen molar-refractivity contribution in [3.63, 3.8) is 0 Å². The average Bonchev–Trinajstić information content (AvgIpc) is 3.58. The largest absolute Gasteiger partial charge is 0.497 e. The Hall–Kier alpha value is -2.60. The Morgan fingerprint density at radius 3 is 2.86 bits per heavy atom. The molecule has 0 radical (unpaired) electrons. The van der Waals surface area contributed by atoms with Gasteiger partial charge in [-0.25, -0.2) is 0 Å². The van der Waals surface area contributed by atoms with Crippen molar-refractivity contribution in [3.8, 4) is 5.75 Å². The smallest absolute Gasteiger partial charge is 0.270 e. The molecule has 8 rings (SSSR count). The van der Waals surface area contributed by atoms with Crippen LogP contribution < -0.4 is 10.3 Å². The Balaban J connectivity index is 1.25. The monoisotopic (exact) mass is 485 g/mol. The average molecular weight is 486 g/mol. The predicted molar refractivity (Wildman–Crippen MR) is 136 cm³/mol. The molecule has 2 aromatic rings. The minimum atomic E-state index is -0.208. The number of rotatable bonds is 4. The number of aromatic amines is 1. The third kappa shape index (κ3) is 2.61. The van der Waals surface area contributed by atoms with Crippen molar-refractivity contribution in [1.82, 2.24) is 14.8 Å². The molecule has 3 heterocycles. The number of hydrogen-bond acceptors (Lipinski definition) is 4. The first kappa shape index (κ1) is 21.5. The number of hydrogen-bond donors (Lipinski definition) is 1. The first-order chi connectivity index (χ1) is 17.5. The van der Waals surface area contributed by atoms with Gasteiger partial charge in [-0.3, -0.25) is 14.5 Å². The number of pyridine rings is 1. The molecule has 4 bridgehead atoms. The van der Waals surface area contributed by atoms with Crippen LogP contribution in [0.25, 0.3) is 0 Å². The third-order valence-electron chi connectivity index (χ3n) is 11.3. The molecule has 0 unspecified atom stereocenters. The van der Waals surface area contributed by atoms with E-state index in [4.69, 9.17) is 4.74 Å². The number of nitrogens with zero attached hydrogens (tertiary/aromatic N) is 2. The van der Waals surface area contributed by atoms with Gasteiger partial charge in [-0.15, -0.1) is 0 Å². The number of carbonyl (C=O) groups is 1. The highest BCUT2D eigenvalue weighted by Gasteiger charge is 2.76. The number of nitrogens with one attached hydrogen (secondary N) is 1. The Morgan fingerprint density at radius 2 is 2.06 bits per heavy atom. The van der Waals surface area contributed by atoms with Crippen LogP contribution in [0.1, 0.15) is 60.1 Å². The first-order valence-electron chi connectivity index (χ1n) is 14.0. The zero-order chi connectivity index (χ0) is 24.2. The molecule has 2 saturated heterocycles. The summed E-state index contributed by atoms with van der Waals surface area (Å²) < 4.78 is 5.75. The lowest BCUT2D eigenvalue weighted by Gasteiger charge is -2.66. The number of ether oxygens (including phenoxy) is 1. The van der Waals surface area contributed by atoms with Crippen LogP contribution in [-0.2, 0) is 11.8 Å². The summed E-state index contributed by atoms with van der Waals surface area (Å²) in [5.41, 5.74) is 3.69. The van der Waals surface area contributed by atoms with E-state index in [1.54, 1.807) is 19.2 Å². The quantitative estimate of drug-likeness (QED) is 0.719. The molecule has 6 atom stereocenters. The zero-order valence-corrected chi connectivity index (χ0v) is 21.0. The van der Waals surface area contributed by atoms with Crippen molar-refractivity contribution in [2.75, 3.05) is 26.7 Å². The summed E-state index contributed by atoms with van der Waals surface area (Å²) in [6.45, 7) is 3.28. The van der Waals surface area contributed by atoms with E-state index in [2.05, 4.69) is 33.0 Å². The van der Waals surface area contributed by atoms with E-state index in [1.807, 2.05) is 0 Å². The molecule has 2 aliphatic heterocycles. The maximum Gasteiger partial charge on any atom is 0.270 e. The second kappa shape index (κ2) is 7.25. The van der Waals surface area contributed by atoms with Gasteiger partial charge in [-0.1, -0.05) is 12.1 Å². The van der Waals surface area contributed by atoms with E-state index in [0.717, 1.165) is 31.1 Å². The van der Waals surface area contributed by atoms with Gasteiger partial charge in [0.2, 0.25) is 5.56 Å². The molecule has 6 nitrogen and oxygen atoms in total. The van der Waals surface area contributed by atoms with Crippen molar-refractivity contribution in [2.24, 2.45) is 23.2 Å². The maximum atomic E-state index is 13.7. The molecule has 1 aromatic heterocycles. The summed E-state index contributed by atoms with van der Waals surface area (Å²) in [6, 6.07) is 12.6. The highest BCUT2D eigenvalue weighted by molar-refractivity contribution is 5.92. The SMILES string of the molecule is COc1ccc2c(c1)[C@]13CCN(CC4CC4)[C@H](C2)[C@]12CC[C@@H]1[C@H]3[C@@H](CN1C(=O)c1cccc(=O)[nH]1)C2. The van der Waals surface area contributed by atoms with Gasteiger partial charge in [0.25, 0.3) is 5.91 Å². The second-order valence-electron chi connectivity index (χ2n) is 12.5. The summed E-state index contributed by atoms with van der Waals surface area (Å²) in [5, 5.41) is 0. The fourth-order valence-electron chi connectivity index (χ4n) is 10.0. The zero-order valence-electron chi connectivity index (χ0n) is 21.0. The molecule has 4 aliphatic carbocycles. The maximum absolute atomic E-state index is 13.7. The van der Waals surface area contributed by atoms with Crippen molar-refractivity contribution >= 4 is 5.91 Å². The molecule has 188 valence electrons. The molecular formula is C30H35N3O3. The molecule has 3 saturated carbocycles. The summed E-state index contributed by atoms with van der Waals surface area (Å²) in [6.07, 6.45) is 8.67. The Labute approximate surface area is 212 Å². The molecule has 6 heteroatoms. The lowest BCUT2D eigenvalue weighted by molar-refractivity contribution is -0.102. The van der Waals surface area contributed by atoms with Crippen LogP contribution in [0.3, 0.4) is 0 Å². The minimum absolute atomic E-state index is 0.000365. The van der Waals surface area contributed by atoms with Gasteiger partial charge in [0.05, 0.1) is 7.11 Å². The number of piperidine rings is 1. The van der Waals surface area contributed by atoms with Gasteiger partial charge < -0.3 is 14.6 Å².